The lowest BCUT2D eigenvalue weighted by molar-refractivity contribution is -0.118. The van der Waals surface area contributed by atoms with Crippen molar-refractivity contribution in [2.24, 2.45) is 0 Å². The number of ether oxygens (including phenoxy) is 1. The maximum absolute atomic E-state index is 12.8. The van der Waals surface area contributed by atoms with Gasteiger partial charge < -0.3 is 10.1 Å². The summed E-state index contributed by atoms with van der Waals surface area (Å²) >= 11 is 9.36. The first-order valence-corrected chi connectivity index (χ1v) is 11.9. The summed E-state index contributed by atoms with van der Waals surface area (Å²) in [5.74, 6) is 0.0246. The molecule has 0 radical (unpaired) electrons. The van der Waals surface area contributed by atoms with Crippen LogP contribution in [0.25, 0.3) is 0 Å². The molecule has 0 aliphatic rings. The summed E-state index contributed by atoms with van der Waals surface area (Å²) in [6, 6.07) is 11.2. The second kappa shape index (κ2) is 11.0. The number of halogens is 2. The largest absolute Gasteiger partial charge is 0.482 e. The smallest absolute Gasteiger partial charge is 0.262 e. The predicted molar refractivity (Wildman–Crippen MR) is 119 cm³/mol. The van der Waals surface area contributed by atoms with E-state index in [0.717, 1.165) is 17.3 Å². The van der Waals surface area contributed by atoms with Crippen molar-refractivity contribution < 1.29 is 17.9 Å². The van der Waals surface area contributed by atoms with Gasteiger partial charge in [-0.15, -0.1) is 0 Å². The maximum Gasteiger partial charge on any atom is 0.262 e. The molecule has 1 amide bonds. The van der Waals surface area contributed by atoms with Gasteiger partial charge in [0, 0.05) is 23.2 Å². The average Bonchev–Trinajstić information content (AvgIpc) is 2.67. The minimum absolute atomic E-state index is 0.204. The summed E-state index contributed by atoms with van der Waals surface area (Å²) in [6.07, 6.45) is 1.49. The van der Waals surface area contributed by atoms with Crippen molar-refractivity contribution in [1.82, 2.24) is 4.31 Å². The van der Waals surface area contributed by atoms with Gasteiger partial charge in [0.05, 0.1) is 9.92 Å². The summed E-state index contributed by atoms with van der Waals surface area (Å²) in [7, 11) is -3.55. The van der Waals surface area contributed by atoms with E-state index in [4.69, 9.17) is 16.3 Å². The van der Waals surface area contributed by atoms with Gasteiger partial charge >= 0.3 is 0 Å². The lowest BCUT2D eigenvalue weighted by Crippen LogP contribution is -2.32. The third-order valence-corrected chi connectivity index (χ3v) is 6.68. The van der Waals surface area contributed by atoms with Crippen LogP contribution in [-0.4, -0.2) is 38.3 Å². The van der Waals surface area contributed by atoms with Crippen molar-refractivity contribution in [1.29, 1.82) is 0 Å². The Balaban J connectivity index is 1.99. The molecule has 0 spiro atoms. The second-order valence-corrected chi connectivity index (χ2v) is 9.60. The average molecular weight is 504 g/mol. The molecule has 2 aromatic carbocycles. The highest BCUT2D eigenvalue weighted by atomic mass is 79.9. The van der Waals surface area contributed by atoms with E-state index >= 15 is 0 Å². The number of nitrogens with zero attached hydrogens (tertiary/aromatic N) is 1. The van der Waals surface area contributed by atoms with Gasteiger partial charge in [-0.25, -0.2) is 8.42 Å². The molecule has 2 rings (SSSR count). The van der Waals surface area contributed by atoms with Gasteiger partial charge in [0.2, 0.25) is 10.0 Å². The predicted octanol–water partition coefficient (Wildman–Crippen LogP) is 4.93. The minimum Gasteiger partial charge on any atom is -0.482 e. The maximum atomic E-state index is 12.8. The lowest BCUT2D eigenvalue weighted by Gasteiger charge is -2.21. The molecule has 0 saturated carbocycles. The highest BCUT2D eigenvalue weighted by molar-refractivity contribution is 9.10. The van der Waals surface area contributed by atoms with E-state index in [-0.39, 0.29) is 17.4 Å². The van der Waals surface area contributed by atoms with Crippen LogP contribution in [0.15, 0.2) is 51.8 Å². The van der Waals surface area contributed by atoms with E-state index in [1.54, 1.807) is 30.3 Å². The molecule has 0 aliphatic carbocycles. The van der Waals surface area contributed by atoms with E-state index in [9.17, 15) is 13.2 Å². The van der Waals surface area contributed by atoms with Crippen molar-refractivity contribution in [2.45, 2.75) is 31.6 Å². The Morgan fingerprint density at radius 2 is 1.72 bits per heavy atom. The number of carbonyl (C=O) groups is 1. The van der Waals surface area contributed by atoms with Crippen molar-refractivity contribution in [3.63, 3.8) is 0 Å². The Morgan fingerprint density at radius 1 is 1.10 bits per heavy atom. The van der Waals surface area contributed by atoms with E-state index in [0.29, 0.717) is 29.5 Å². The van der Waals surface area contributed by atoms with Crippen LogP contribution < -0.4 is 10.1 Å². The van der Waals surface area contributed by atoms with E-state index in [2.05, 4.69) is 21.2 Å². The topological polar surface area (TPSA) is 75.7 Å². The van der Waals surface area contributed by atoms with Crippen LogP contribution in [0.5, 0.6) is 5.75 Å². The van der Waals surface area contributed by atoms with Crippen LogP contribution >= 0.6 is 27.5 Å². The Labute approximate surface area is 185 Å². The Morgan fingerprint density at radius 3 is 2.28 bits per heavy atom. The Kier molecular flexibility index (Phi) is 8.95. The number of anilines is 1. The molecule has 0 saturated heterocycles. The van der Waals surface area contributed by atoms with Crippen molar-refractivity contribution in [3.8, 4) is 5.75 Å². The van der Waals surface area contributed by atoms with Crippen molar-refractivity contribution >= 4 is 49.1 Å². The first kappa shape index (κ1) is 23.7. The van der Waals surface area contributed by atoms with Gasteiger partial charge in [-0.05, 0) is 55.3 Å². The number of rotatable bonds is 10. The molecule has 0 aliphatic heterocycles. The zero-order valence-corrected chi connectivity index (χ0v) is 19.5. The highest BCUT2D eigenvalue weighted by Crippen LogP contribution is 2.27. The van der Waals surface area contributed by atoms with Crippen LogP contribution in [-0.2, 0) is 14.8 Å². The lowest BCUT2D eigenvalue weighted by atomic mass is 10.3. The standard InChI is InChI=1S/C20H24BrClN2O4S/c1-3-11-24(12-4-2)29(26,27)17-8-6-16(7-9-17)23-20(25)14-28-19-10-5-15(21)13-18(19)22/h5-10,13H,3-4,11-12,14H2,1-2H3,(H,23,25). The summed E-state index contributed by atoms with van der Waals surface area (Å²) in [4.78, 5) is 12.3. The van der Waals surface area contributed by atoms with Crippen LogP contribution in [0.3, 0.4) is 0 Å². The fourth-order valence-corrected chi connectivity index (χ4v) is 4.99. The van der Waals surface area contributed by atoms with Crippen LogP contribution in [0.2, 0.25) is 5.02 Å². The zero-order chi connectivity index (χ0) is 21.4. The molecule has 158 valence electrons. The summed E-state index contributed by atoms with van der Waals surface area (Å²) in [5.41, 5.74) is 0.483. The highest BCUT2D eigenvalue weighted by Gasteiger charge is 2.22. The monoisotopic (exact) mass is 502 g/mol. The van der Waals surface area contributed by atoms with Gasteiger partial charge in [0.1, 0.15) is 5.75 Å². The molecule has 1 N–H and O–H groups in total. The normalized spacial score (nSPS) is 11.5. The quantitative estimate of drug-likeness (QED) is 0.499. The number of nitrogens with one attached hydrogen (secondary N) is 1. The number of benzene rings is 2. The van der Waals surface area contributed by atoms with Gasteiger partial charge in [0.25, 0.3) is 5.91 Å². The van der Waals surface area contributed by atoms with Crippen molar-refractivity contribution in [2.75, 3.05) is 25.0 Å². The molecular formula is C20H24BrClN2O4S. The third kappa shape index (κ3) is 6.70. The van der Waals surface area contributed by atoms with Crippen LogP contribution in [0.4, 0.5) is 5.69 Å². The summed E-state index contributed by atoms with van der Waals surface area (Å²) in [5, 5.41) is 3.07. The van der Waals surface area contributed by atoms with E-state index in [1.807, 2.05) is 13.8 Å². The number of carbonyl (C=O) groups excluding carboxylic acids is 1. The number of amides is 1. The number of hydrogen-bond donors (Lipinski definition) is 1. The zero-order valence-electron chi connectivity index (χ0n) is 16.3. The fraction of sp³-hybridized carbons (Fsp3) is 0.350. The first-order chi connectivity index (χ1) is 13.8. The number of sulfonamides is 1. The molecule has 0 atom stereocenters. The Hall–Kier alpha value is -1.61. The summed E-state index contributed by atoms with van der Waals surface area (Å²) < 4.78 is 33.2. The second-order valence-electron chi connectivity index (χ2n) is 6.34. The molecule has 29 heavy (non-hydrogen) atoms. The third-order valence-electron chi connectivity index (χ3n) is 3.97. The molecule has 2 aromatic rings. The SMILES string of the molecule is CCCN(CCC)S(=O)(=O)c1ccc(NC(=O)COc2ccc(Br)cc2Cl)cc1. The van der Waals surface area contributed by atoms with E-state index in [1.165, 1.54) is 16.4 Å². The fourth-order valence-electron chi connectivity index (χ4n) is 2.64. The van der Waals surface area contributed by atoms with Gasteiger partial charge in [-0.1, -0.05) is 41.4 Å². The molecule has 0 heterocycles. The number of hydrogen-bond acceptors (Lipinski definition) is 4. The Bertz CT molecular complexity index is 930. The molecule has 9 heteroatoms. The van der Waals surface area contributed by atoms with Crippen LogP contribution in [0.1, 0.15) is 26.7 Å². The molecule has 6 nitrogen and oxygen atoms in total. The van der Waals surface area contributed by atoms with Crippen molar-refractivity contribution in [3.05, 3.63) is 52.0 Å². The van der Waals surface area contributed by atoms with Crippen LogP contribution in [0, 0.1) is 0 Å². The molecule has 0 aromatic heterocycles. The summed E-state index contributed by atoms with van der Waals surface area (Å²) in [6.45, 7) is 4.62. The molecule has 0 bridgehead atoms. The van der Waals surface area contributed by atoms with Gasteiger partial charge in [-0.3, -0.25) is 4.79 Å². The van der Waals surface area contributed by atoms with Gasteiger partial charge in [-0.2, -0.15) is 4.31 Å². The van der Waals surface area contributed by atoms with Gasteiger partial charge in [0.15, 0.2) is 6.61 Å². The molecular weight excluding hydrogens is 480 g/mol. The minimum atomic E-state index is -3.55. The van der Waals surface area contributed by atoms with E-state index < -0.39 is 10.0 Å². The first-order valence-electron chi connectivity index (χ1n) is 9.25. The molecule has 0 fully saturated rings. The molecule has 0 unspecified atom stereocenters.